The molecular weight excluding hydrogens is 420 g/mol. The van der Waals surface area contributed by atoms with Gasteiger partial charge in [0, 0.05) is 44.1 Å². The summed E-state index contributed by atoms with van der Waals surface area (Å²) in [5.74, 6) is 2.86. The highest BCUT2D eigenvalue weighted by Crippen LogP contribution is 2.28. The second kappa shape index (κ2) is 10.8. The number of benzene rings is 1. The molecule has 0 radical (unpaired) electrons. The molecule has 3 aromatic rings. The number of piperidine rings is 1. The van der Waals surface area contributed by atoms with Gasteiger partial charge in [-0.2, -0.15) is 4.98 Å². The van der Waals surface area contributed by atoms with Gasteiger partial charge in [-0.15, -0.1) is 0 Å². The summed E-state index contributed by atoms with van der Waals surface area (Å²) in [5.41, 5.74) is 1.08. The van der Waals surface area contributed by atoms with Gasteiger partial charge in [0.05, 0.1) is 14.2 Å². The van der Waals surface area contributed by atoms with Crippen molar-refractivity contribution in [1.29, 1.82) is 0 Å². The Hall–Kier alpha value is -3.62. The number of carbonyl (C=O) groups is 1. The summed E-state index contributed by atoms with van der Waals surface area (Å²) in [6.45, 7) is 1.45. The Labute approximate surface area is 193 Å². The van der Waals surface area contributed by atoms with Crippen molar-refractivity contribution in [2.75, 3.05) is 32.2 Å². The number of carbonyl (C=O) groups excluding carboxylic acids is 1. The predicted molar refractivity (Wildman–Crippen MR) is 125 cm³/mol. The normalized spacial score (nSPS) is 15.8. The fourth-order valence-corrected chi connectivity index (χ4v) is 4.18. The van der Waals surface area contributed by atoms with E-state index in [1.165, 1.54) is 0 Å². The summed E-state index contributed by atoms with van der Waals surface area (Å²) < 4.78 is 12.4. The van der Waals surface area contributed by atoms with Gasteiger partial charge in [-0.25, -0.2) is 9.97 Å². The van der Waals surface area contributed by atoms with Gasteiger partial charge >= 0.3 is 0 Å². The molecular formula is C24H30N6O3. The molecule has 0 spiro atoms. The van der Waals surface area contributed by atoms with E-state index in [2.05, 4.69) is 20.2 Å². The molecule has 174 valence electrons. The predicted octanol–water partition coefficient (Wildman–Crippen LogP) is 2.79. The lowest BCUT2D eigenvalue weighted by molar-refractivity contribution is -0.121. The molecule has 0 aliphatic carbocycles. The van der Waals surface area contributed by atoms with Crippen molar-refractivity contribution in [1.82, 2.24) is 24.8 Å². The van der Waals surface area contributed by atoms with E-state index in [9.17, 15) is 4.79 Å². The highest BCUT2D eigenvalue weighted by Gasteiger charge is 2.26. The number of rotatable bonds is 9. The summed E-state index contributed by atoms with van der Waals surface area (Å²) in [7, 11) is 3.24. The maximum absolute atomic E-state index is 12.7. The zero-order chi connectivity index (χ0) is 23.0. The topological polar surface area (TPSA) is 94.4 Å². The van der Waals surface area contributed by atoms with Gasteiger partial charge in [0.1, 0.15) is 12.1 Å². The van der Waals surface area contributed by atoms with E-state index in [1.807, 2.05) is 30.5 Å². The van der Waals surface area contributed by atoms with E-state index >= 15 is 0 Å². The Balaban J connectivity index is 1.34. The number of nitrogens with zero attached hydrogens (tertiary/aromatic N) is 5. The monoisotopic (exact) mass is 450 g/mol. The van der Waals surface area contributed by atoms with Crippen molar-refractivity contribution in [2.45, 2.75) is 38.1 Å². The Morgan fingerprint density at radius 2 is 2.03 bits per heavy atom. The van der Waals surface area contributed by atoms with Crippen LogP contribution in [-0.2, 0) is 11.2 Å². The van der Waals surface area contributed by atoms with Crippen LogP contribution >= 0.6 is 0 Å². The lowest BCUT2D eigenvalue weighted by Gasteiger charge is -2.36. The first-order chi connectivity index (χ1) is 16.2. The second-order valence-electron chi connectivity index (χ2n) is 8.02. The summed E-state index contributed by atoms with van der Waals surface area (Å²) in [6.07, 6.45) is 11.3. The Morgan fingerprint density at radius 1 is 1.15 bits per heavy atom. The first-order valence-corrected chi connectivity index (χ1v) is 11.2. The average molecular weight is 451 g/mol. The molecule has 1 aliphatic heterocycles. The SMILES string of the molecule is COc1ccc(CCNC(=O)CC2CCCCN2c2ccnc(-n3ccnc3)n2)cc1OC. The maximum Gasteiger partial charge on any atom is 0.236 e. The van der Waals surface area contributed by atoms with E-state index < -0.39 is 0 Å². The third kappa shape index (κ3) is 5.60. The van der Waals surface area contributed by atoms with Crippen LogP contribution in [0.5, 0.6) is 11.5 Å². The number of amides is 1. The molecule has 0 saturated carbocycles. The van der Waals surface area contributed by atoms with Crippen LogP contribution < -0.4 is 19.7 Å². The molecule has 1 aliphatic rings. The standard InChI is InChI=1S/C24H30N6O3/c1-32-20-7-6-18(15-21(20)33-2)8-10-26-23(31)16-19-5-3-4-13-30(19)22-9-11-27-24(28-22)29-14-12-25-17-29/h6-7,9,11-12,14-15,17,19H,3-5,8,10,13,16H2,1-2H3,(H,26,31). The van der Waals surface area contributed by atoms with Crippen LogP contribution in [0, 0.1) is 0 Å². The Bertz CT molecular complexity index is 1060. The maximum atomic E-state index is 12.7. The van der Waals surface area contributed by atoms with Gasteiger partial charge in [0.15, 0.2) is 11.5 Å². The lowest BCUT2D eigenvalue weighted by atomic mass is 9.99. The van der Waals surface area contributed by atoms with Crippen molar-refractivity contribution in [2.24, 2.45) is 0 Å². The third-order valence-electron chi connectivity index (χ3n) is 5.89. The molecule has 2 aromatic heterocycles. The fourth-order valence-electron chi connectivity index (χ4n) is 4.18. The minimum Gasteiger partial charge on any atom is -0.493 e. The zero-order valence-corrected chi connectivity index (χ0v) is 19.1. The first kappa shape index (κ1) is 22.6. The van der Waals surface area contributed by atoms with Crippen LogP contribution in [-0.4, -0.2) is 58.8 Å². The number of ether oxygens (including phenoxy) is 2. The number of hydrogen-bond donors (Lipinski definition) is 1. The van der Waals surface area contributed by atoms with Gasteiger partial charge in [-0.3, -0.25) is 9.36 Å². The molecule has 1 fully saturated rings. The summed E-state index contributed by atoms with van der Waals surface area (Å²) >= 11 is 0. The van der Waals surface area contributed by atoms with Gasteiger partial charge in [-0.05, 0) is 49.4 Å². The van der Waals surface area contributed by atoms with Crippen LogP contribution in [0.3, 0.4) is 0 Å². The number of imidazole rings is 1. The van der Waals surface area contributed by atoms with Crippen molar-refractivity contribution < 1.29 is 14.3 Å². The number of methoxy groups -OCH3 is 2. The molecule has 1 amide bonds. The quantitative estimate of drug-likeness (QED) is 0.536. The Kier molecular flexibility index (Phi) is 7.39. The van der Waals surface area contributed by atoms with Crippen LogP contribution in [0.15, 0.2) is 49.2 Å². The van der Waals surface area contributed by atoms with Crippen LogP contribution in [0.25, 0.3) is 5.95 Å². The third-order valence-corrected chi connectivity index (χ3v) is 5.89. The molecule has 9 nitrogen and oxygen atoms in total. The number of hydrogen-bond acceptors (Lipinski definition) is 7. The molecule has 33 heavy (non-hydrogen) atoms. The van der Waals surface area contributed by atoms with E-state index in [0.717, 1.165) is 43.6 Å². The highest BCUT2D eigenvalue weighted by atomic mass is 16.5. The Morgan fingerprint density at radius 3 is 2.82 bits per heavy atom. The van der Waals surface area contributed by atoms with E-state index in [1.54, 1.807) is 37.5 Å². The molecule has 1 saturated heterocycles. The molecule has 0 bridgehead atoms. The smallest absolute Gasteiger partial charge is 0.236 e. The molecule has 1 aromatic carbocycles. The molecule has 1 unspecified atom stereocenters. The molecule has 1 atom stereocenters. The highest BCUT2D eigenvalue weighted by molar-refractivity contribution is 5.77. The number of nitrogens with one attached hydrogen (secondary N) is 1. The summed E-state index contributed by atoms with van der Waals surface area (Å²) in [5, 5.41) is 3.07. The summed E-state index contributed by atoms with van der Waals surface area (Å²) in [4.78, 5) is 28.1. The molecule has 4 rings (SSSR count). The van der Waals surface area contributed by atoms with Crippen molar-refractivity contribution in [3.63, 3.8) is 0 Å². The fraction of sp³-hybridized carbons (Fsp3) is 0.417. The van der Waals surface area contributed by atoms with Crippen molar-refractivity contribution in [3.05, 3.63) is 54.7 Å². The minimum atomic E-state index is 0.0521. The molecule has 1 N–H and O–H groups in total. The van der Waals surface area contributed by atoms with Crippen molar-refractivity contribution >= 4 is 11.7 Å². The van der Waals surface area contributed by atoms with Gasteiger partial charge in [-0.1, -0.05) is 6.07 Å². The minimum absolute atomic E-state index is 0.0521. The average Bonchev–Trinajstić information content (AvgIpc) is 3.39. The van der Waals surface area contributed by atoms with Crippen molar-refractivity contribution in [3.8, 4) is 17.4 Å². The van der Waals surface area contributed by atoms with E-state index in [-0.39, 0.29) is 11.9 Å². The van der Waals surface area contributed by atoms with Crippen LogP contribution in [0.2, 0.25) is 0 Å². The molecule has 9 heteroatoms. The largest absolute Gasteiger partial charge is 0.493 e. The first-order valence-electron chi connectivity index (χ1n) is 11.2. The van der Waals surface area contributed by atoms with E-state index in [4.69, 9.17) is 14.5 Å². The second-order valence-corrected chi connectivity index (χ2v) is 8.02. The van der Waals surface area contributed by atoms with E-state index in [0.29, 0.717) is 30.4 Å². The molecule has 3 heterocycles. The summed E-state index contributed by atoms with van der Waals surface area (Å²) in [6, 6.07) is 7.85. The lowest BCUT2D eigenvalue weighted by Crippen LogP contribution is -2.43. The van der Waals surface area contributed by atoms with Crippen LogP contribution in [0.4, 0.5) is 5.82 Å². The number of anilines is 1. The van der Waals surface area contributed by atoms with Gasteiger partial charge in [0.25, 0.3) is 0 Å². The van der Waals surface area contributed by atoms with Gasteiger partial charge in [0.2, 0.25) is 11.9 Å². The number of aromatic nitrogens is 4. The van der Waals surface area contributed by atoms with Gasteiger partial charge < -0.3 is 19.7 Å². The van der Waals surface area contributed by atoms with Crippen LogP contribution in [0.1, 0.15) is 31.2 Å². The zero-order valence-electron chi connectivity index (χ0n) is 19.1.